The SMILES string of the molecule is CC(O)(c1ccc(N2CCN(S(=O)(=O)c3ccc(N)cc3)CC2)cc1)C(F)(F)F. The number of nitrogens with zero attached hydrogens (tertiary/aromatic N) is 2. The molecule has 1 aliphatic rings. The second-order valence-electron chi connectivity index (χ2n) is 7.08. The predicted molar refractivity (Wildman–Crippen MR) is 104 cm³/mol. The van der Waals surface area contributed by atoms with Gasteiger partial charge in [0.2, 0.25) is 10.0 Å². The summed E-state index contributed by atoms with van der Waals surface area (Å²) in [5.41, 5.74) is 3.55. The van der Waals surface area contributed by atoms with Crippen molar-refractivity contribution in [2.24, 2.45) is 0 Å². The molecule has 1 fully saturated rings. The zero-order valence-electron chi connectivity index (χ0n) is 15.7. The first-order valence-corrected chi connectivity index (χ1v) is 10.4. The average Bonchev–Trinajstić information content (AvgIpc) is 2.68. The Hall–Kier alpha value is -2.30. The van der Waals surface area contributed by atoms with Crippen LogP contribution in [0.15, 0.2) is 53.4 Å². The molecule has 158 valence electrons. The highest BCUT2D eigenvalue weighted by molar-refractivity contribution is 7.89. The van der Waals surface area contributed by atoms with E-state index in [-0.39, 0.29) is 23.5 Å². The molecule has 1 heterocycles. The molecule has 10 heteroatoms. The Morgan fingerprint density at radius 3 is 1.93 bits per heavy atom. The fourth-order valence-corrected chi connectivity index (χ4v) is 4.56. The van der Waals surface area contributed by atoms with Crippen molar-refractivity contribution in [3.8, 4) is 0 Å². The largest absolute Gasteiger partial charge is 0.421 e. The Balaban J connectivity index is 1.69. The van der Waals surface area contributed by atoms with Crippen molar-refractivity contribution in [2.75, 3.05) is 36.8 Å². The van der Waals surface area contributed by atoms with Crippen LogP contribution in [0.25, 0.3) is 0 Å². The highest BCUT2D eigenvalue weighted by atomic mass is 32.2. The van der Waals surface area contributed by atoms with Crippen molar-refractivity contribution < 1.29 is 26.7 Å². The van der Waals surface area contributed by atoms with E-state index in [4.69, 9.17) is 5.73 Å². The number of rotatable bonds is 4. The molecule has 0 bridgehead atoms. The lowest BCUT2D eigenvalue weighted by Gasteiger charge is -2.35. The summed E-state index contributed by atoms with van der Waals surface area (Å²) >= 11 is 0. The second-order valence-corrected chi connectivity index (χ2v) is 9.01. The smallest absolute Gasteiger partial charge is 0.399 e. The van der Waals surface area contributed by atoms with Crippen LogP contribution in [0.5, 0.6) is 0 Å². The molecule has 2 aromatic rings. The molecule has 0 amide bonds. The summed E-state index contributed by atoms with van der Waals surface area (Å²) in [6.07, 6.45) is -4.78. The van der Waals surface area contributed by atoms with E-state index in [1.165, 1.54) is 52.8 Å². The lowest BCUT2D eigenvalue weighted by Crippen LogP contribution is -2.48. The minimum Gasteiger partial charge on any atom is -0.399 e. The van der Waals surface area contributed by atoms with Gasteiger partial charge in [-0.1, -0.05) is 12.1 Å². The third-order valence-electron chi connectivity index (χ3n) is 5.10. The summed E-state index contributed by atoms with van der Waals surface area (Å²) in [6, 6.07) is 11.5. The van der Waals surface area contributed by atoms with Crippen molar-refractivity contribution in [1.82, 2.24) is 4.31 Å². The summed E-state index contributed by atoms with van der Waals surface area (Å²) in [7, 11) is -3.63. The molecule has 3 N–H and O–H groups in total. The van der Waals surface area contributed by atoms with Crippen molar-refractivity contribution in [3.63, 3.8) is 0 Å². The number of anilines is 2. The van der Waals surface area contributed by atoms with Crippen molar-refractivity contribution in [2.45, 2.75) is 23.6 Å². The first-order valence-electron chi connectivity index (χ1n) is 8.93. The van der Waals surface area contributed by atoms with Gasteiger partial charge < -0.3 is 15.7 Å². The standard InChI is InChI=1S/C19H22F3N3O3S/c1-18(26,19(20,21)22)14-2-6-16(7-3-14)24-10-12-25(13-11-24)29(27,28)17-8-4-15(23)5-9-17/h2-9,26H,10-13,23H2,1H3. The lowest BCUT2D eigenvalue weighted by molar-refractivity contribution is -0.258. The molecule has 1 unspecified atom stereocenters. The number of sulfonamides is 1. The van der Waals surface area contributed by atoms with Gasteiger partial charge in [-0.05, 0) is 48.9 Å². The van der Waals surface area contributed by atoms with Gasteiger partial charge in [0.25, 0.3) is 0 Å². The summed E-state index contributed by atoms with van der Waals surface area (Å²) in [6.45, 7) is 1.98. The number of aliphatic hydroxyl groups is 1. The second kappa shape index (κ2) is 7.51. The highest BCUT2D eigenvalue weighted by Crippen LogP contribution is 2.39. The van der Waals surface area contributed by atoms with Crippen LogP contribution < -0.4 is 10.6 Å². The van der Waals surface area contributed by atoms with Gasteiger partial charge in [0.1, 0.15) is 0 Å². The fraction of sp³-hybridized carbons (Fsp3) is 0.368. The minimum absolute atomic E-state index is 0.166. The van der Waals surface area contributed by atoms with Crippen LogP contribution in [0.1, 0.15) is 12.5 Å². The van der Waals surface area contributed by atoms with E-state index < -0.39 is 21.8 Å². The number of piperazine rings is 1. The van der Waals surface area contributed by atoms with Crippen LogP contribution in [0, 0.1) is 0 Å². The average molecular weight is 429 g/mol. The number of benzene rings is 2. The monoisotopic (exact) mass is 429 g/mol. The van der Waals surface area contributed by atoms with Crippen LogP contribution in [-0.2, 0) is 15.6 Å². The Morgan fingerprint density at radius 1 is 0.931 bits per heavy atom. The molecule has 2 aromatic carbocycles. The summed E-state index contributed by atoms with van der Waals surface area (Å²) in [5, 5.41) is 9.75. The zero-order chi connectivity index (χ0) is 21.4. The Kier molecular flexibility index (Phi) is 5.54. The van der Waals surface area contributed by atoms with Gasteiger partial charge in [0.15, 0.2) is 5.60 Å². The molecule has 1 atom stereocenters. The van der Waals surface area contributed by atoms with Crippen LogP contribution in [0.3, 0.4) is 0 Å². The highest BCUT2D eigenvalue weighted by Gasteiger charge is 2.51. The van der Waals surface area contributed by atoms with Gasteiger partial charge in [0, 0.05) is 37.6 Å². The van der Waals surface area contributed by atoms with Crippen molar-refractivity contribution >= 4 is 21.4 Å². The van der Waals surface area contributed by atoms with Crippen molar-refractivity contribution in [3.05, 3.63) is 54.1 Å². The lowest BCUT2D eigenvalue weighted by atomic mass is 9.95. The zero-order valence-corrected chi connectivity index (χ0v) is 16.5. The van der Waals surface area contributed by atoms with Crippen LogP contribution in [0.4, 0.5) is 24.5 Å². The van der Waals surface area contributed by atoms with Crippen LogP contribution in [-0.4, -0.2) is 50.2 Å². The normalized spacial score (nSPS) is 18.4. The molecule has 1 aliphatic heterocycles. The first-order chi connectivity index (χ1) is 13.4. The van der Waals surface area contributed by atoms with Crippen molar-refractivity contribution in [1.29, 1.82) is 0 Å². The maximum absolute atomic E-state index is 13.0. The van der Waals surface area contributed by atoms with Gasteiger partial charge in [-0.2, -0.15) is 17.5 Å². The van der Waals surface area contributed by atoms with Gasteiger partial charge in [-0.25, -0.2) is 8.42 Å². The van der Waals surface area contributed by atoms with Gasteiger partial charge in [-0.3, -0.25) is 0 Å². The number of hydrogen-bond donors (Lipinski definition) is 2. The minimum atomic E-state index is -4.78. The Bertz CT molecular complexity index is 951. The van der Waals surface area contributed by atoms with E-state index in [9.17, 15) is 26.7 Å². The summed E-state index contributed by atoms with van der Waals surface area (Å²) in [4.78, 5) is 2.06. The third-order valence-corrected chi connectivity index (χ3v) is 7.02. The van der Waals surface area contributed by atoms with Crippen LogP contribution >= 0.6 is 0 Å². The van der Waals surface area contributed by atoms with Gasteiger partial charge in [-0.15, -0.1) is 0 Å². The maximum atomic E-state index is 13.0. The number of alkyl halides is 3. The number of halogens is 3. The third kappa shape index (κ3) is 4.19. The topological polar surface area (TPSA) is 86.9 Å². The molecule has 3 rings (SSSR count). The molecule has 0 aromatic heterocycles. The molecule has 0 saturated carbocycles. The van der Waals surface area contributed by atoms with E-state index in [0.29, 0.717) is 31.4 Å². The molecule has 1 saturated heterocycles. The Morgan fingerprint density at radius 2 is 1.45 bits per heavy atom. The van der Waals surface area contributed by atoms with Gasteiger partial charge >= 0.3 is 6.18 Å². The first kappa shape index (κ1) is 21.4. The summed E-state index contributed by atoms with van der Waals surface area (Å²) < 4.78 is 65.7. The molecular formula is C19H22F3N3O3S. The maximum Gasteiger partial charge on any atom is 0.421 e. The Labute approximate surface area is 167 Å². The van der Waals surface area contributed by atoms with E-state index in [1.807, 2.05) is 4.90 Å². The van der Waals surface area contributed by atoms with E-state index in [0.717, 1.165) is 0 Å². The predicted octanol–water partition coefficient (Wildman–Crippen LogP) is 2.55. The van der Waals surface area contributed by atoms with Crippen LogP contribution in [0.2, 0.25) is 0 Å². The molecule has 0 spiro atoms. The molecule has 6 nitrogen and oxygen atoms in total. The quantitative estimate of drug-likeness (QED) is 0.730. The van der Waals surface area contributed by atoms with E-state index in [2.05, 4.69) is 0 Å². The number of hydrogen-bond acceptors (Lipinski definition) is 5. The van der Waals surface area contributed by atoms with E-state index in [1.54, 1.807) is 0 Å². The molecular weight excluding hydrogens is 407 g/mol. The number of nitrogens with two attached hydrogens (primary N) is 1. The summed E-state index contributed by atoms with van der Waals surface area (Å²) in [5.74, 6) is 0. The van der Waals surface area contributed by atoms with E-state index >= 15 is 0 Å². The molecule has 0 radical (unpaired) electrons. The van der Waals surface area contributed by atoms with Gasteiger partial charge in [0.05, 0.1) is 4.90 Å². The fourth-order valence-electron chi connectivity index (χ4n) is 3.14. The molecule has 29 heavy (non-hydrogen) atoms. The molecule has 0 aliphatic carbocycles. The number of nitrogen functional groups attached to an aromatic ring is 1.